The van der Waals surface area contributed by atoms with E-state index >= 15 is 0 Å². The summed E-state index contributed by atoms with van der Waals surface area (Å²) in [6.07, 6.45) is 3.63. The van der Waals surface area contributed by atoms with E-state index in [2.05, 4.69) is 66.3 Å². The summed E-state index contributed by atoms with van der Waals surface area (Å²) in [7, 11) is 0. The van der Waals surface area contributed by atoms with Crippen LogP contribution in [0.3, 0.4) is 0 Å². The number of benzene rings is 1. The second-order valence-electron chi connectivity index (χ2n) is 6.32. The predicted octanol–water partition coefficient (Wildman–Crippen LogP) is 4.98. The average Bonchev–Trinajstić information content (AvgIpc) is 3.21. The lowest BCUT2D eigenvalue weighted by molar-refractivity contribution is 0.725. The van der Waals surface area contributed by atoms with E-state index in [9.17, 15) is 0 Å². The van der Waals surface area contributed by atoms with E-state index < -0.39 is 0 Å². The number of hydrogen-bond donors (Lipinski definition) is 2. The first-order chi connectivity index (χ1) is 11.2. The first kappa shape index (κ1) is 16.5. The van der Waals surface area contributed by atoms with Gasteiger partial charge in [-0.05, 0) is 60.0 Å². The molecule has 1 aromatic carbocycles. The van der Waals surface area contributed by atoms with Crippen molar-refractivity contribution in [2.24, 2.45) is 0 Å². The standard InChI is InChI=1S/C19H24N2S2/c1-3-13(2)14-6-8-15(9-7-14)18(17-5-4-12-23-17)21-19(22)20-16-10-11-16/h4-9,12-13,16,18H,3,10-11H2,1-2H3,(H2,20,21,22)/t13-,18+/m0/s1. The van der Waals surface area contributed by atoms with Crippen molar-refractivity contribution in [3.05, 3.63) is 57.8 Å². The van der Waals surface area contributed by atoms with Crippen LogP contribution in [-0.2, 0) is 0 Å². The zero-order chi connectivity index (χ0) is 16.2. The van der Waals surface area contributed by atoms with Gasteiger partial charge in [0.25, 0.3) is 0 Å². The van der Waals surface area contributed by atoms with Crippen LogP contribution in [0.15, 0.2) is 41.8 Å². The van der Waals surface area contributed by atoms with E-state index in [0.717, 1.165) is 5.11 Å². The lowest BCUT2D eigenvalue weighted by Crippen LogP contribution is -2.39. The Kier molecular flexibility index (Phi) is 5.34. The van der Waals surface area contributed by atoms with E-state index in [0.29, 0.717) is 12.0 Å². The molecule has 23 heavy (non-hydrogen) atoms. The highest BCUT2D eigenvalue weighted by atomic mass is 32.1. The Morgan fingerprint density at radius 2 is 1.91 bits per heavy atom. The molecule has 0 bridgehead atoms. The summed E-state index contributed by atoms with van der Waals surface area (Å²) in [6.45, 7) is 4.51. The second kappa shape index (κ2) is 7.45. The van der Waals surface area contributed by atoms with Gasteiger partial charge in [0.15, 0.2) is 5.11 Å². The smallest absolute Gasteiger partial charge is 0.167 e. The van der Waals surface area contributed by atoms with Gasteiger partial charge in [-0.2, -0.15) is 0 Å². The molecule has 122 valence electrons. The highest BCUT2D eigenvalue weighted by molar-refractivity contribution is 7.80. The molecule has 0 radical (unpaired) electrons. The van der Waals surface area contributed by atoms with Gasteiger partial charge in [-0.15, -0.1) is 11.3 Å². The highest BCUT2D eigenvalue weighted by Gasteiger charge is 2.23. The largest absolute Gasteiger partial charge is 0.360 e. The van der Waals surface area contributed by atoms with E-state index in [1.54, 1.807) is 11.3 Å². The molecule has 2 N–H and O–H groups in total. The quantitative estimate of drug-likeness (QED) is 0.723. The maximum Gasteiger partial charge on any atom is 0.167 e. The topological polar surface area (TPSA) is 24.1 Å². The van der Waals surface area contributed by atoms with Crippen molar-refractivity contribution in [1.29, 1.82) is 0 Å². The maximum atomic E-state index is 5.49. The van der Waals surface area contributed by atoms with E-state index in [1.165, 1.54) is 35.3 Å². The SMILES string of the molecule is CC[C@H](C)c1ccc([C@@H](NC(=S)NC2CC2)c2cccs2)cc1. The van der Waals surface area contributed by atoms with Crippen LogP contribution in [0.25, 0.3) is 0 Å². The molecule has 0 unspecified atom stereocenters. The third-order valence-corrected chi connectivity index (χ3v) is 5.64. The predicted molar refractivity (Wildman–Crippen MR) is 103 cm³/mol. The minimum atomic E-state index is 0.125. The molecular weight excluding hydrogens is 320 g/mol. The van der Waals surface area contributed by atoms with Gasteiger partial charge in [-0.1, -0.05) is 44.2 Å². The van der Waals surface area contributed by atoms with Gasteiger partial charge in [-0.25, -0.2) is 0 Å². The number of nitrogens with one attached hydrogen (secondary N) is 2. The first-order valence-corrected chi connectivity index (χ1v) is 9.66. The molecule has 2 nitrogen and oxygen atoms in total. The number of hydrogen-bond acceptors (Lipinski definition) is 2. The fourth-order valence-corrected chi connectivity index (χ4v) is 3.70. The molecule has 1 aliphatic carbocycles. The lowest BCUT2D eigenvalue weighted by atomic mass is 9.95. The van der Waals surface area contributed by atoms with Crippen LogP contribution in [0, 0.1) is 0 Å². The first-order valence-electron chi connectivity index (χ1n) is 8.37. The van der Waals surface area contributed by atoms with Crippen molar-refractivity contribution in [3.8, 4) is 0 Å². The van der Waals surface area contributed by atoms with Crippen molar-refractivity contribution >= 4 is 28.7 Å². The van der Waals surface area contributed by atoms with Crippen molar-refractivity contribution in [2.45, 2.75) is 51.1 Å². The van der Waals surface area contributed by atoms with Gasteiger partial charge in [0.1, 0.15) is 0 Å². The summed E-state index contributed by atoms with van der Waals surface area (Å²) < 4.78 is 0. The molecule has 1 heterocycles. The third-order valence-electron chi connectivity index (χ3n) is 4.47. The summed E-state index contributed by atoms with van der Waals surface area (Å²) in [6, 6.07) is 13.9. The monoisotopic (exact) mass is 344 g/mol. The van der Waals surface area contributed by atoms with Gasteiger partial charge < -0.3 is 10.6 Å². The van der Waals surface area contributed by atoms with Crippen molar-refractivity contribution in [1.82, 2.24) is 10.6 Å². The van der Waals surface area contributed by atoms with Crippen LogP contribution in [0.5, 0.6) is 0 Å². The van der Waals surface area contributed by atoms with Crippen molar-refractivity contribution in [3.63, 3.8) is 0 Å². The minimum absolute atomic E-state index is 0.125. The molecule has 2 atom stereocenters. The van der Waals surface area contributed by atoms with Crippen LogP contribution in [0.1, 0.15) is 61.1 Å². The zero-order valence-electron chi connectivity index (χ0n) is 13.7. The Balaban J connectivity index is 1.78. The van der Waals surface area contributed by atoms with Crippen LogP contribution in [-0.4, -0.2) is 11.2 Å². The van der Waals surface area contributed by atoms with Gasteiger partial charge in [0.2, 0.25) is 0 Å². The molecule has 2 aromatic rings. The van der Waals surface area contributed by atoms with Crippen LogP contribution < -0.4 is 10.6 Å². The summed E-state index contributed by atoms with van der Waals surface area (Å²) >= 11 is 7.26. The van der Waals surface area contributed by atoms with Crippen molar-refractivity contribution in [2.75, 3.05) is 0 Å². The number of thiocarbonyl (C=S) groups is 1. The molecule has 3 rings (SSSR count). The highest BCUT2D eigenvalue weighted by Crippen LogP contribution is 2.28. The van der Waals surface area contributed by atoms with E-state index in [-0.39, 0.29) is 6.04 Å². The lowest BCUT2D eigenvalue weighted by Gasteiger charge is -2.21. The Labute approximate surface area is 148 Å². The normalized spacial score (nSPS) is 16.6. The summed E-state index contributed by atoms with van der Waals surface area (Å²) in [5.74, 6) is 0.606. The van der Waals surface area contributed by atoms with E-state index in [4.69, 9.17) is 12.2 Å². The summed E-state index contributed by atoms with van der Waals surface area (Å²) in [4.78, 5) is 1.29. The Morgan fingerprint density at radius 1 is 1.22 bits per heavy atom. The minimum Gasteiger partial charge on any atom is -0.360 e. The Bertz CT molecular complexity index is 630. The second-order valence-corrected chi connectivity index (χ2v) is 7.70. The Hall–Kier alpha value is -1.39. The fraction of sp³-hybridized carbons (Fsp3) is 0.421. The molecule has 1 aromatic heterocycles. The molecule has 4 heteroatoms. The van der Waals surface area contributed by atoms with Gasteiger partial charge in [0, 0.05) is 10.9 Å². The van der Waals surface area contributed by atoms with Gasteiger partial charge in [0.05, 0.1) is 6.04 Å². The van der Waals surface area contributed by atoms with Gasteiger partial charge >= 0.3 is 0 Å². The molecule has 0 aliphatic heterocycles. The van der Waals surface area contributed by atoms with Crippen LogP contribution >= 0.6 is 23.6 Å². The molecule has 0 saturated heterocycles. The Morgan fingerprint density at radius 3 is 2.48 bits per heavy atom. The van der Waals surface area contributed by atoms with Crippen LogP contribution in [0.4, 0.5) is 0 Å². The molecular formula is C19H24N2S2. The third kappa shape index (κ3) is 4.33. The summed E-state index contributed by atoms with van der Waals surface area (Å²) in [5.41, 5.74) is 2.67. The maximum absolute atomic E-state index is 5.49. The van der Waals surface area contributed by atoms with E-state index in [1.807, 2.05) is 0 Å². The molecule has 1 fully saturated rings. The fourth-order valence-electron chi connectivity index (χ4n) is 2.61. The molecule has 0 spiro atoms. The molecule has 1 saturated carbocycles. The summed E-state index contributed by atoms with van der Waals surface area (Å²) in [5, 5.41) is 9.76. The molecule has 0 amide bonds. The van der Waals surface area contributed by atoms with Gasteiger partial charge in [-0.3, -0.25) is 0 Å². The van der Waals surface area contributed by atoms with Crippen molar-refractivity contribution < 1.29 is 0 Å². The number of rotatable bonds is 6. The van der Waals surface area contributed by atoms with Crippen LogP contribution in [0.2, 0.25) is 0 Å². The number of thiophene rings is 1. The average molecular weight is 345 g/mol. The molecule has 1 aliphatic rings. The zero-order valence-corrected chi connectivity index (χ0v) is 15.3.